The minimum absolute atomic E-state index is 0.0559. The second kappa shape index (κ2) is 8.52. The summed E-state index contributed by atoms with van der Waals surface area (Å²) in [6, 6.07) is 13.1. The number of nitro groups is 1. The zero-order chi connectivity index (χ0) is 22.0. The first-order valence-corrected chi connectivity index (χ1v) is 10.3. The number of ether oxygens (including phenoxy) is 1. The highest BCUT2D eigenvalue weighted by Gasteiger charge is 2.34. The monoisotopic (exact) mass is 435 g/mol. The molecule has 0 saturated carbocycles. The summed E-state index contributed by atoms with van der Waals surface area (Å²) < 4.78 is 6.20. The molecule has 0 unspecified atom stereocenters. The summed E-state index contributed by atoms with van der Waals surface area (Å²) in [5.74, 6) is 0.557. The van der Waals surface area contributed by atoms with Crippen LogP contribution < -0.4 is 9.64 Å². The third-order valence-electron chi connectivity index (χ3n) is 4.57. The molecule has 1 aliphatic rings. The minimum Gasteiger partial charge on any atom is -0.447 e. The van der Waals surface area contributed by atoms with Crippen LogP contribution in [0.5, 0.6) is 5.88 Å². The maximum Gasteiger partial charge on any atom is 0.269 e. The summed E-state index contributed by atoms with van der Waals surface area (Å²) in [5, 5.41) is 19.9. The molecule has 0 aliphatic carbocycles. The number of nitro benzene ring substituents is 1. The van der Waals surface area contributed by atoms with Crippen LogP contribution in [-0.4, -0.2) is 31.8 Å². The Balaban J connectivity index is 1.88. The molecule has 0 bridgehead atoms. The molecule has 3 aromatic rings. The van der Waals surface area contributed by atoms with Crippen molar-refractivity contribution < 1.29 is 14.5 Å². The summed E-state index contributed by atoms with van der Waals surface area (Å²) >= 11 is 1.35. The van der Waals surface area contributed by atoms with Gasteiger partial charge in [0.2, 0.25) is 23.2 Å². The summed E-state index contributed by atoms with van der Waals surface area (Å²) in [6.45, 7) is 5.12. The predicted octanol–water partition coefficient (Wildman–Crippen LogP) is 4.17. The van der Waals surface area contributed by atoms with Gasteiger partial charge in [-0.15, -0.1) is 16.8 Å². The lowest BCUT2D eigenvalue weighted by atomic mass is 10.1. The normalized spacial score (nSPS) is 14.6. The van der Waals surface area contributed by atoms with Gasteiger partial charge in [-0.3, -0.25) is 19.8 Å². The van der Waals surface area contributed by atoms with E-state index in [0.717, 1.165) is 0 Å². The summed E-state index contributed by atoms with van der Waals surface area (Å²) in [4.78, 5) is 29.2. The first kappa shape index (κ1) is 20.5. The zero-order valence-corrected chi connectivity index (χ0v) is 17.3. The van der Waals surface area contributed by atoms with Crippen molar-refractivity contribution in [2.75, 3.05) is 10.7 Å². The Morgan fingerprint density at radius 3 is 2.68 bits per heavy atom. The molecule has 0 fully saturated rings. The van der Waals surface area contributed by atoms with Crippen molar-refractivity contribution in [1.29, 1.82) is 0 Å². The number of thioether (sulfide) groups is 1. The minimum atomic E-state index is -0.894. The lowest BCUT2D eigenvalue weighted by molar-refractivity contribution is -0.384. The van der Waals surface area contributed by atoms with Crippen molar-refractivity contribution in [3.05, 3.63) is 76.9 Å². The number of hydrogen-bond donors (Lipinski definition) is 0. The van der Waals surface area contributed by atoms with E-state index in [1.807, 2.05) is 18.2 Å². The fraction of sp³-hybridized carbons (Fsp3) is 0.143. The summed E-state index contributed by atoms with van der Waals surface area (Å²) in [5.41, 5.74) is 2.15. The van der Waals surface area contributed by atoms with E-state index in [4.69, 9.17) is 4.74 Å². The predicted molar refractivity (Wildman–Crippen MR) is 116 cm³/mol. The number of non-ortho nitro benzene ring substituents is 1. The molecule has 0 saturated heterocycles. The first-order chi connectivity index (χ1) is 15.0. The van der Waals surface area contributed by atoms with Crippen LogP contribution in [0, 0.1) is 10.1 Å². The highest BCUT2D eigenvalue weighted by Crippen LogP contribution is 2.43. The van der Waals surface area contributed by atoms with E-state index in [1.54, 1.807) is 24.3 Å². The Labute approximate surface area is 181 Å². The third-order valence-corrected chi connectivity index (χ3v) is 5.40. The van der Waals surface area contributed by atoms with E-state index in [1.165, 1.54) is 35.7 Å². The maximum absolute atomic E-state index is 12.7. The Morgan fingerprint density at radius 1 is 1.26 bits per heavy atom. The molecule has 31 heavy (non-hydrogen) atoms. The quantitative estimate of drug-likeness (QED) is 0.254. The molecule has 0 spiro atoms. The van der Waals surface area contributed by atoms with Crippen LogP contribution in [0.1, 0.15) is 18.7 Å². The van der Waals surface area contributed by atoms with Crippen LogP contribution in [-0.2, 0) is 4.79 Å². The van der Waals surface area contributed by atoms with Crippen molar-refractivity contribution in [3.8, 4) is 17.1 Å². The van der Waals surface area contributed by atoms with Gasteiger partial charge < -0.3 is 4.74 Å². The Bertz CT molecular complexity index is 1170. The molecule has 1 atom stereocenters. The van der Waals surface area contributed by atoms with E-state index in [2.05, 4.69) is 21.8 Å². The zero-order valence-electron chi connectivity index (χ0n) is 16.5. The van der Waals surface area contributed by atoms with E-state index in [-0.39, 0.29) is 17.5 Å². The SMILES string of the molecule is C=CCSc1nnc2c(n1)O[C@@H](c1ccc([N+](=O)[O-])cc1)N(C(C)=O)c1ccccc1-2. The molecule has 1 aliphatic heterocycles. The Kier molecular flexibility index (Phi) is 5.63. The van der Waals surface area contributed by atoms with Crippen LogP contribution in [0.2, 0.25) is 0 Å². The number of nitrogens with zero attached hydrogens (tertiary/aromatic N) is 5. The standard InChI is InChI=1S/C21H17N5O4S/c1-3-12-31-21-22-19-18(23-24-21)16-6-4-5-7-17(16)25(13(2)27)20(30-19)14-8-10-15(11-9-14)26(28)29/h3-11,20H,1,12H2,2H3/t20-/m0/s1. The molecule has 1 aromatic heterocycles. The number of amides is 1. The lowest BCUT2D eigenvalue weighted by Gasteiger charge is -2.29. The molecule has 2 heterocycles. The van der Waals surface area contributed by atoms with Crippen molar-refractivity contribution in [2.24, 2.45) is 0 Å². The van der Waals surface area contributed by atoms with Crippen LogP contribution in [0.25, 0.3) is 11.3 Å². The highest BCUT2D eigenvalue weighted by molar-refractivity contribution is 7.99. The number of anilines is 1. The van der Waals surface area contributed by atoms with Gasteiger partial charge in [-0.05, 0) is 18.2 Å². The second-order valence-electron chi connectivity index (χ2n) is 6.57. The number of fused-ring (bicyclic) bond motifs is 3. The van der Waals surface area contributed by atoms with E-state index in [9.17, 15) is 14.9 Å². The van der Waals surface area contributed by atoms with Gasteiger partial charge in [0.15, 0.2) is 5.69 Å². The molecule has 1 amide bonds. The van der Waals surface area contributed by atoms with Gasteiger partial charge in [-0.25, -0.2) is 0 Å². The number of hydrogen-bond acceptors (Lipinski definition) is 8. The molecule has 4 rings (SSSR count). The van der Waals surface area contributed by atoms with Gasteiger partial charge in [-0.2, -0.15) is 4.98 Å². The van der Waals surface area contributed by atoms with Gasteiger partial charge in [0.1, 0.15) is 0 Å². The molecule has 0 N–H and O–H groups in total. The van der Waals surface area contributed by atoms with Gasteiger partial charge in [0.25, 0.3) is 5.69 Å². The van der Waals surface area contributed by atoms with E-state index >= 15 is 0 Å². The smallest absolute Gasteiger partial charge is 0.269 e. The number of rotatable bonds is 5. The molecule has 9 nitrogen and oxygen atoms in total. The van der Waals surface area contributed by atoms with Gasteiger partial charge in [0, 0.05) is 35.9 Å². The molecular formula is C21H17N5O4S. The van der Waals surface area contributed by atoms with Gasteiger partial charge in [-0.1, -0.05) is 36.0 Å². The van der Waals surface area contributed by atoms with Crippen molar-refractivity contribution >= 4 is 29.0 Å². The highest BCUT2D eigenvalue weighted by atomic mass is 32.2. The van der Waals surface area contributed by atoms with E-state index in [0.29, 0.717) is 33.4 Å². The lowest BCUT2D eigenvalue weighted by Crippen LogP contribution is -2.36. The fourth-order valence-electron chi connectivity index (χ4n) is 3.22. The molecule has 0 radical (unpaired) electrons. The van der Waals surface area contributed by atoms with Crippen molar-refractivity contribution in [2.45, 2.75) is 18.3 Å². The number of carbonyl (C=O) groups is 1. The van der Waals surface area contributed by atoms with Crippen LogP contribution in [0.15, 0.2) is 66.3 Å². The third kappa shape index (κ3) is 3.97. The largest absolute Gasteiger partial charge is 0.447 e. The van der Waals surface area contributed by atoms with Crippen LogP contribution >= 0.6 is 11.8 Å². The fourth-order valence-corrected chi connectivity index (χ4v) is 3.74. The topological polar surface area (TPSA) is 111 Å². The molecular weight excluding hydrogens is 418 g/mol. The summed E-state index contributed by atoms with van der Waals surface area (Å²) in [6.07, 6.45) is 0.835. The number of carbonyl (C=O) groups excluding carboxylic acids is 1. The Morgan fingerprint density at radius 2 is 2.00 bits per heavy atom. The second-order valence-corrected chi connectivity index (χ2v) is 7.56. The maximum atomic E-state index is 12.7. The van der Waals surface area contributed by atoms with Crippen LogP contribution in [0.3, 0.4) is 0 Å². The van der Waals surface area contributed by atoms with Crippen molar-refractivity contribution in [1.82, 2.24) is 15.2 Å². The molecule has 2 aromatic carbocycles. The average molecular weight is 435 g/mol. The molecule has 156 valence electrons. The number of benzene rings is 2. The average Bonchev–Trinajstić information content (AvgIpc) is 2.92. The van der Waals surface area contributed by atoms with Gasteiger partial charge >= 0.3 is 0 Å². The number of aromatic nitrogens is 3. The van der Waals surface area contributed by atoms with E-state index < -0.39 is 11.2 Å². The first-order valence-electron chi connectivity index (χ1n) is 9.28. The van der Waals surface area contributed by atoms with Crippen molar-refractivity contribution in [3.63, 3.8) is 0 Å². The Hall–Kier alpha value is -3.79. The summed E-state index contributed by atoms with van der Waals surface area (Å²) in [7, 11) is 0. The van der Waals surface area contributed by atoms with Crippen LogP contribution in [0.4, 0.5) is 11.4 Å². The molecule has 10 heteroatoms. The number of para-hydroxylation sites is 1. The van der Waals surface area contributed by atoms with Gasteiger partial charge in [0.05, 0.1) is 10.6 Å².